The van der Waals surface area contributed by atoms with Crippen molar-refractivity contribution < 1.29 is 40.6 Å². The molecule has 0 amide bonds. The van der Waals surface area contributed by atoms with Crippen molar-refractivity contribution in [2.24, 2.45) is 4.99 Å². The van der Waals surface area contributed by atoms with E-state index in [1.807, 2.05) is 0 Å². The minimum atomic E-state index is -4.96. The van der Waals surface area contributed by atoms with Gasteiger partial charge in [0.1, 0.15) is 0 Å². The maximum atomic E-state index is 13.2. The van der Waals surface area contributed by atoms with E-state index < -0.39 is 47.8 Å². The van der Waals surface area contributed by atoms with E-state index in [0.717, 1.165) is 0 Å². The molecule has 172 valence electrons. The summed E-state index contributed by atoms with van der Waals surface area (Å²) in [6.45, 7) is 1.49. The first kappa shape index (κ1) is 24.0. The SMILES string of the molecule is CC(OC1OCCC(N=C=O)C1c1ccccc1)c1cc(C(F)(F)F)cc(C(F)(F)F)c1. The lowest BCUT2D eigenvalue weighted by Gasteiger charge is -2.37. The molecule has 1 heterocycles. The van der Waals surface area contributed by atoms with Crippen LogP contribution in [0.15, 0.2) is 53.5 Å². The molecule has 2 aromatic carbocycles. The second-order valence-electron chi connectivity index (χ2n) is 7.37. The van der Waals surface area contributed by atoms with Gasteiger partial charge < -0.3 is 9.47 Å². The molecule has 32 heavy (non-hydrogen) atoms. The zero-order chi connectivity index (χ0) is 23.5. The molecule has 4 nitrogen and oxygen atoms in total. The van der Waals surface area contributed by atoms with Crippen molar-refractivity contribution >= 4 is 6.08 Å². The summed E-state index contributed by atoms with van der Waals surface area (Å²) in [5.41, 5.74) is -2.45. The van der Waals surface area contributed by atoms with Crippen molar-refractivity contribution in [3.63, 3.8) is 0 Å². The van der Waals surface area contributed by atoms with Gasteiger partial charge in [-0.1, -0.05) is 30.3 Å². The normalized spacial score (nSPS) is 22.8. The van der Waals surface area contributed by atoms with Gasteiger partial charge in [-0.2, -0.15) is 26.3 Å². The summed E-state index contributed by atoms with van der Waals surface area (Å²) in [6, 6.07) is 9.51. The molecular weight excluding hydrogens is 440 g/mol. The van der Waals surface area contributed by atoms with Crippen LogP contribution in [0.4, 0.5) is 26.3 Å². The molecule has 1 aliphatic rings. The average Bonchev–Trinajstić information content (AvgIpc) is 2.73. The van der Waals surface area contributed by atoms with Crippen LogP contribution in [0.25, 0.3) is 0 Å². The summed E-state index contributed by atoms with van der Waals surface area (Å²) in [4.78, 5) is 14.7. The zero-order valence-electron chi connectivity index (χ0n) is 16.8. The quantitative estimate of drug-likeness (QED) is 0.311. The topological polar surface area (TPSA) is 47.9 Å². The van der Waals surface area contributed by atoms with Gasteiger partial charge in [0.2, 0.25) is 6.08 Å². The number of hydrogen-bond acceptors (Lipinski definition) is 4. The molecule has 2 aromatic rings. The minimum absolute atomic E-state index is 0.0644. The van der Waals surface area contributed by atoms with E-state index in [0.29, 0.717) is 24.1 Å². The van der Waals surface area contributed by atoms with Crippen molar-refractivity contribution in [3.05, 3.63) is 70.8 Å². The number of ether oxygens (including phenoxy) is 2. The Balaban J connectivity index is 1.95. The van der Waals surface area contributed by atoms with Crippen LogP contribution in [0.5, 0.6) is 0 Å². The first-order valence-electron chi connectivity index (χ1n) is 9.69. The van der Waals surface area contributed by atoms with Crippen LogP contribution in [-0.4, -0.2) is 25.0 Å². The molecule has 0 aliphatic carbocycles. The van der Waals surface area contributed by atoms with E-state index in [4.69, 9.17) is 9.47 Å². The fourth-order valence-corrected chi connectivity index (χ4v) is 3.65. The van der Waals surface area contributed by atoms with Crippen LogP contribution in [0.1, 0.15) is 47.6 Å². The van der Waals surface area contributed by atoms with E-state index in [1.165, 1.54) is 13.0 Å². The van der Waals surface area contributed by atoms with Gasteiger partial charge in [0, 0.05) is 0 Å². The lowest BCUT2D eigenvalue weighted by atomic mass is 9.87. The summed E-state index contributed by atoms with van der Waals surface area (Å²) >= 11 is 0. The first-order chi connectivity index (χ1) is 15.0. The number of carbonyl (C=O) groups excluding carboxylic acids is 1. The number of nitrogens with zero attached hydrogens (tertiary/aromatic N) is 1. The summed E-state index contributed by atoms with van der Waals surface area (Å²) < 4.78 is 90.6. The highest BCUT2D eigenvalue weighted by Crippen LogP contribution is 2.40. The number of benzene rings is 2. The van der Waals surface area contributed by atoms with Gasteiger partial charge in [-0.05, 0) is 42.7 Å². The smallest absolute Gasteiger partial charge is 0.352 e. The maximum absolute atomic E-state index is 13.2. The van der Waals surface area contributed by atoms with Crippen molar-refractivity contribution in [2.45, 2.75) is 50.1 Å². The van der Waals surface area contributed by atoms with Crippen LogP contribution in [0.3, 0.4) is 0 Å². The molecule has 4 atom stereocenters. The third-order valence-electron chi connectivity index (χ3n) is 5.22. The highest BCUT2D eigenvalue weighted by molar-refractivity contribution is 5.36. The van der Waals surface area contributed by atoms with Crippen LogP contribution < -0.4 is 0 Å². The van der Waals surface area contributed by atoms with E-state index in [9.17, 15) is 31.1 Å². The van der Waals surface area contributed by atoms with E-state index >= 15 is 0 Å². The Morgan fingerprint density at radius 2 is 1.62 bits per heavy atom. The lowest BCUT2D eigenvalue weighted by molar-refractivity contribution is -0.200. The number of hydrogen-bond donors (Lipinski definition) is 0. The third-order valence-corrected chi connectivity index (χ3v) is 5.22. The highest BCUT2D eigenvalue weighted by Gasteiger charge is 2.40. The summed E-state index contributed by atoms with van der Waals surface area (Å²) in [6.07, 6.45) is -10.3. The molecule has 0 saturated carbocycles. The van der Waals surface area contributed by atoms with E-state index in [1.54, 1.807) is 30.3 Å². The molecule has 0 spiro atoms. The van der Waals surface area contributed by atoms with Crippen LogP contribution in [-0.2, 0) is 26.6 Å². The van der Waals surface area contributed by atoms with Crippen molar-refractivity contribution in [3.8, 4) is 0 Å². The molecule has 1 aliphatic heterocycles. The third kappa shape index (κ3) is 5.56. The molecule has 1 fully saturated rings. The predicted octanol–water partition coefficient (Wildman–Crippen LogP) is 6.04. The number of aliphatic imine (C=N–C) groups is 1. The average molecular weight is 459 g/mol. The molecule has 3 rings (SSSR count). The second-order valence-corrected chi connectivity index (χ2v) is 7.37. The van der Waals surface area contributed by atoms with Gasteiger partial charge in [0.25, 0.3) is 0 Å². The van der Waals surface area contributed by atoms with Crippen LogP contribution in [0, 0.1) is 0 Å². The lowest BCUT2D eigenvalue weighted by Crippen LogP contribution is -2.39. The van der Waals surface area contributed by atoms with Crippen molar-refractivity contribution in [1.82, 2.24) is 0 Å². The Bertz CT molecular complexity index is 938. The number of alkyl halides is 6. The minimum Gasteiger partial charge on any atom is -0.352 e. The Morgan fingerprint density at radius 1 is 1.03 bits per heavy atom. The van der Waals surface area contributed by atoms with Gasteiger partial charge in [-0.3, -0.25) is 0 Å². The highest BCUT2D eigenvalue weighted by atomic mass is 19.4. The van der Waals surface area contributed by atoms with Crippen LogP contribution >= 0.6 is 0 Å². The van der Waals surface area contributed by atoms with Crippen molar-refractivity contribution in [1.29, 1.82) is 0 Å². The number of halogens is 6. The molecule has 0 bridgehead atoms. The summed E-state index contributed by atoms with van der Waals surface area (Å²) in [7, 11) is 0. The van der Waals surface area contributed by atoms with Gasteiger partial charge in [-0.15, -0.1) is 0 Å². The molecule has 1 saturated heterocycles. The largest absolute Gasteiger partial charge is 0.416 e. The van der Waals surface area contributed by atoms with Gasteiger partial charge in [-0.25, -0.2) is 9.79 Å². The predicted molar refractivity (Wildman–Crippen MR) is 101 cm³/mol. The number of rotatable bonds is 5. The van der Waals surface area contributed by atoms with E-state index in [-0.39, 0.29) is 18.2 Å². The fourth-order valence-electron chi connectivity index (χ4n) is 3.65. The van der Waals surface area contributed by atoms with Gasteiger partial charge in [0.15, 0.2) is 6.29 Å². The Kier molecular flexibility index (Phi) is 7.07. The number of isocyanates is 1. The maximum Gasteiger partial charge on any atom is 0.416 e. The zero-order valence-corrected chi connectivity index (χ0v) is 16.8. The molecule has 0 radical (unpaired) electrons. The molecule has 0 N–H and O–H groups in total. The Morgan fingerprint density at radius 3 is 2.16 bits per heavy atom. The Hall–Kier alpha value is -2.68. The van der Waals surface area contributed by atoms with Crippen LogP contribution in [0.2, 0.25) is 0 Å². The van der Waals surface area contributed by atoms with Gasteiger partial charge >= 0.3 is 12.4 Å². The molecule has 4 unspecified atom stereocenters. The molecule has 10 heteroatoms. The fraction of sp³-hybridized carbons (Fsp3) is 0.409. The second kappa shape index (κ2) is 9.44. The van der Waals surface area contributed by atoms with Gasteiger partial charge in [0.05, 0.1) is 35.8 Å². The van der Waals surface area contributed by atoms with E-state index in [2.05, 4.69) is 4.99 Å². The molecule has 0 aromatic heterocycles. The Labute approximate surface area is 179 Å². The standard InChI is InChI=1S/C22H19F6NO3/c1-13(15-9-16(21(23,24)25)11-17(10-15)22(26,27)28)32-20-19(14-5-3-2-4-6-14)18(29-12-30)7-8-31-20/h2-6,9-11,13,18-20H,7-8H2,1H3. The molecular formula is C22H19F6NO3. The van der Waals surface area contributed by atoms with Crippen molar-refractivity contribution in [2.75, 3.05) is 6.61 Å². The first-order valence-corrected chi connectivity index (χ1v) is 9.69. The summed E-state index contributed by atoms with van der Waals surface area (Å²) in [5, 5.41) is 0. The monoisotopic (exact) mass is 459 g/mol. The summed E-state index contributed by atoms with van der Waals surface area (Å²) in [5.74, 6) is -0.596.